The summed E-state index contributed by atoms with van der Waals surface area (Å²) in [4.78, 5) is 23.2. The number of rotatable bonds is 8. The lowest BCUT2D eigenvalue weighted by Gasteiger charge is -2.35. The Hall–Kier alpha value is -2.08. The topological polar surface area (TPSA) is 84.9 Å². The molecule has 1 saturated carbocycles. The molecule has 0 saturated heterocycles. The van der Waals surface area contributed by atoms with E-state index in [0.29, 0.717) is 18.0 Å². The number of amides is 1. The molecule has 0 radical (unpaired) electrons. The minimum absolute atomic E-state index is 0.102. The molecule has 0 atom stereocenters. The number of hydrogen-bond acceptors (Lipinski definition) is 4. The molecular formula is C18H25NO5. The first kappa shape index (κ1) is 18.3. The van der Waals surface area contributed by atoms with Crippen molar-refractivity contribution in [1.29, 1.82) is 0 Å². The second kappa shape index (κ2) is 8.68. The Labute approximate surface area is 142 Å². The van der Waals surface area contributed by atoms with E-state index in [1.165, 1.54) is 0 Å². The van der Waals surface area contributed by atoms with Gasteiger partial charge in [0.05, 0.1) is 0 Å². The molecule has 1 aromatic carbocycles. The second-order valence-electron chi connectivity index (χ2n) is 6.06. The molecule has 1 aromatic rings. The van der Waals surface area contributed by atoms with E-state index in [1.54, 1.807) is 24.3 Å². The van der Waals surface area contributed by atoms with Crippen LogP contribution in [0, 0.1) is 0 Å². The summed E-state index contributed by atoms with van der Waals surface area (Å²) in [6.45, 7) is 2.22. The summed E-state index contributed by atoms with van der Waals surface area (Å²) in [7, 11) is 0. The lowest BCUT2D eigenvalue weighted by molar-refractivity contribution is -0.146. The molecule has 1 fully saturated rings. The van der Waals surface area contributed by atoms with Gasteiger partial charge in [0.1, 0.15) is 11.4 Å². The first-order valence-corrected chi connectivity index (χ1v) is 8.46. The summed E-state index contributed by atoms with van der Waals surface area (Å²) in [5.74, 6) is -0.681. The van der Waals surface area contributed by atoms with E-state index in [1.807, 2.05) is 6.92 Å². The second-order valence-corrected chi connectivity index (χ2v) is 6.06. The molecule has 24 heavy (non-hydrogen) atoms. The number of aliphatic carboxylic acids is 1. The lowest BCUT2D eigenvalue weighted by atomic mass is 9.83. The van der Waals surface area contributed by atoms with Crippen LogP contribution in [0.4, 0.5) is 5.69 Å². The number of carboxylic acids is 1. The fraction of sp³-hybridized carbons (Fsp3) is 0.556. The van der Waals surface area contributed by atoms with Gasteiger partial charge in [0, 0.05) is 12.3 Å². The standard InChI is InChI=1S/C18H25NO5/c1-2-12-24-18(10-4-3-5-11-18)17(22)19-14-6-8-15(9-7-14)23-13-16(20)21/h6-9H,2-5,10-13H2,1H3,(H,19,22)(H,20,21). The van der Waals surface area contributed by atoms with Crippen molar-refractivity contribution in [2.75, 3.05) is 18.5 Å². The average Bonchev–Trinajstić information content (AvgIpc) is 2.60. The Morgan fingerprint density at radius 2 is 1.83 bits per heavy atom. The maximum atomic E-state index is 12.8. The van der Waals surface area contributed by atoms with Crippen LogP contribution in [0.1, 0.15) is 45.4 Å². The predicted molar refractivity (Wildman–Crippen MR) is 90.3 cm³/mol. The van der Waals surface area contributed by atoms with Crippen molar-refractivity contribution in [3.05, 3.63) is 24.3 Å². The van der Waals surface area contributed by atoms with Crippen molar-refractivity contribution >= 4 is 17.6 Å². The molecule has 1 aliphatic rings. The molecule has 0 heterocycles. The van der Waals surface area contributed by atoms with Crippen molar-refractivity contribution < 1.29 is 24.2 Å². The van der Waals surface area contributed by atoms with Crippen LogP contribution in [0.15, 0.2) is 24.3 Å². The summed E-state index contributed by atoms with van der Waals surface area (Å²) in [5.41, 5.74) is -0.0834. The van der Waals surface area contributed by atoms with Gasteiger partial charge >= 0.3 is 5.97 Å². The highest BCUT2D eigenvalue weighted by molar-refractivity contribution is 5.97. The van der Waals surface area contributed by atoms with E-state index < -0.39 is 11.6 Å². The van der Waals surface area contributed by atoms with Crippen LogP contribution in [0.3, 0.4) is 0 Å². The zero-order chi connectivity index (χ0) is 17.4. The third kappa shape index (κ3) is 4.96. The molecule has 0 spiro atoms. The number of nitrogens with one attached hydrogen (secondary N) is 1. The summed E-state index contributed by atoms with van der Waals surface area (Å²) in [6, 6.07) is 6.68. The van der Waals surface area contributed by atoms with Crippen molar-refractivity contribution in [1.82, 2.24) is 0 Å². The summed E-state index contributed by atoms with van der Waals surface area (Å²) >= 11 is 0. The van der Waals surface area contributed by atoms with Gasteiger partial charge in [-0.15, -0.1) is 0 Å². The van der Waals surface area contributed by atoms with E-state index in [-0.39, 0.29) is 12.5 Å². The summed E-state index contributed by atoms with van der Waals surface area (Å²) in [5, 5.41) is 11.5. The van der Waals surface area contributed by atoms with Gasteiger partial charge in [-0.25, -0.2) is 4.79 Å². The van der Waals surface area contributed by atoms with E-state index in [9.17, 15) is 9.59 Å². The van der Waals surface area contributed by atoms with Gasteiger partial charge in [0.25, 0.3) is 5.91 Å². The van der Waals surface area contributed by atoms with Gasteiger partial charge in [-0.2, -0.15) is 0 Å². The molecule has 6 heteroatoms. The maximum absolute atomic E-state index is 12.8. The van der Waals surface area contributed by atoms with Crippen molar-refractivity contribution in [2.24, 2.45) is 0 Å². The maximum Gasteiger partial charge on any atom is 0.341 e. The smallest absolute Gasteiger partial charge is 0.341 e. The first-order valence-electron chi connectivity index (χ1n) is 8.46. The number of carboxylic acid groups (broad SMARTS) is 1. The molecule has 2 N–H and O–H groups in total. The van der Waals surface area contributed by atoms with Crippen LogP contribution < -0.4 is 10.1 Å². The number of ether oxygens (including phenoxy) is 2. The van der Waals surface area contributed by atoms with Crippen LogP contribution in [-0.2, 0) is 14.3 Å². The van der Waals surface area contributed by atoms with Gasteiger partial charge in [-0.3, -0.25) is 4.79 Å². The van der Waals surface area contributed by atoms with Crippen molar-refractivity contribution in [3.8, 4) is 5.75 Å². The lowest BCUT2D eigenvalue weighted by Crippen LogP contribution is -2.47. The molecule has 132 valence electrons. The zero-order valence-electron chi connectivity index (χ0n) is 14.0. The minimum Gasteiger partial charge on any atom is -0.482 e. The molecule has 0 aliphatic heterocycles. The van der Waals surface area contributed by atoms with Crippen molar-refractivity contribution in [2.45, 2.75) is 51.0 Å². The summed E-state index contributed by atoms with van der Waals surface area (Å²) < 4.78 is 11.0. The van der Waals surface area contributed by atoms with Gasteiger partial charge < -0.3 is 19.9 Å². The third-order valence-electron chi connectivity index (χ3n) is 4.13. The van der Waals surface area contributed by atoms with Gasteiger partial charge in [-0.1, -0.05) is 26.2 Å². The highest BCUT2D eigenvalue weighted by atomic mass is 16.5. The van der Waals surface area contributed by atoms with Crippen LogP contribution in [0.2, 0.25) is 0 Å². The third-order valence-corrected chi connectivity index (χ3v) is 4.13. The molecule has 1 aliphatic carbocycles. The molecule has 6 nitrogen and oxygen atoms in total. The van der Waals surface area contributed by atoms with Gasteiger partial charge in [-0.05, 0) is 43.5 Å². The van der Waals surface area contributed by atoms with Crippen LogP contribution >= 0.6 is 0 Å². The van der Waals surface area contributed by atoms with E-state index in [2.05, 4.69) is 5.32 Å². The van der Waals surface area contributed by atoms with Crippen molar-refractivity contribution in [3.63, 3.8) is 0 Å². The van der Waals surface area contributed by atoms with Crippen LogP contribution in [0.25, 0.3) is 0 Å². The Balaban J connectivity index is 1.99. The highest BCUT2D eigenvalue weighted by Gasteiger charge is 2.40. The summed E-state index contributed by atoms with van der Waals surface area (Å²) in [6.07, 6.45) is 5.51. The van der Waals surface area contributed by atoms with Gasteiger partial charge in [0.2, 0.25) is 0 Å². The first-order chi connectivity index (χ1) is 11.6. The molecule has 0 aromatic heterocycles. The molecule has 2 rings (SSSR count). The average molecular weight is 335 g/mol. The van der Waals surface area contributed by atoms with Crippen LogP contribution in [-0.4, -0.2) is 35.8 Å². The Kier molecular flexibility index (Phi) is 6.61. The molecule has 1 amide bonds. The number of benzene rings is 1. The number of anilines is 1. The molecular weight excluding hydrogens is 310 g/mol. The Bertz CT molecular complexity index is 549. The normalized spacial score (nSPS) is 16.4. The Morgan fingerprint density at radius 3 is 2.42 bits per heavy atom. The Morgan fingerprint density at radius 1 is 1.17 bits per heavy atom. The monoisotopic (exact) mass is 335 g/mol. The minimum atomic E-state index is -1.03. The van der Waals surface area contributed by atoms with E-state index in [0.717, 1.165) is 38.5 Å². The largest absolute Gasteiger partial charge is 0.482 e. The zero-order valence-corrected chi connectivity index (χ0v) is 14.0. The number of carbonyl (C=O) groups excluding carboxylic acids is 1. The fourth-order valence-electron chi connectivity index (χ4n) is 2.88. The van der Waals surface area contributed by atoms with E-state index in [4.69, 9.17) is 14.6 Å². The van der Waals surface area contributed by atoms with Gasteiger partial charge in [0.15, 0.2) is 6.61 Å². The van der Waals surface area contributed by atoms with Crippen LogP contribution in [0.5, 0.6) is 5.75 Å². The molecule has 0 unspecified atom stereocenters. The van der Waals surface area contributed by atoms with E-state index >= 15 is 0 Å². The molecule has 0 bridgehead atoms. The highest BCUT2D eigenvalue weighted by Crippen LogP contribution is 2.33. The SMILES string of the molecule is CCCOC1(C(=O)Nc2ccc(OCC(=O)O)cc2)CCCCC1. The number of hydrogen-bond donors (Lipinski definition) is 2. The predicted octanol–water partition coefficient (Wildman–Crippen LogP) is 3.22. The fourth-order valence-corrected chi connectivity index (χ4v) is 2.88. The quantitative estimate of drug-likeness (QED) is 0.762. The number of carbonyl (C=O) groups is 2.